The number of carbonyl (C=O) groups excluding carboxylic acids is 1. The van der Waals surface area contributed by atoms with Gasteiger partial charge in [0.2, 0.25) is 0 Å². The lowest BCUT2D eigenvalue weighted by molar-refractivity contribution is 0.0934. The van der Waals surface area contributed by atoms with Gasteiger partial charge in [0.25, 0.3) is 5.91 Å². The van der Waals surface area contributed by atoms with Gasteiger partial charge >= 0.3 is 0 Å². The summed E-state index contributed by atoms with van der Waals surface area (Å²) in [7, 11) is 0. The predicted octanol–water partition coefficient (Wildman–Crippen LogP) is 3.85. The van der Waals surface area contributed by atoms with Gasteiger partial charge in [0, 0.05) is 5.38 Å². The number of hydrogen-bond donors (Lipinski definition) is 2. The fourth-order valence-corrected chi connectivity index (χ4v) is 3.39. The molecule has 22 heavy (non-hydrogen) atoms. The van der Waals surface area contributed by atoms with Crippen molar-refractivity contribution in [1.82, 2.24) is 15.3 Å². The monoisotopic (exact) mass is 331 g/mol. The number of nitrogens with one attached hydrogen (secondary N) is 2. The van der Waals surface area contributed by atoms with Crippen LogP contribution < -0.4 is 5.32 Å². The fourth-order valence-electron chi connectivity index (χ4n) is 2.29. The van der Waals surface area contributed by atoms with Crippen molar-refractivity contribution in [3.63, 3.8) is 0 Å². The number of H-pyrrole nitrogens is 1. The minimum absolute atomic E-state index is 0.0483. The molecule has 0 aliphatic rings. The van der Waals surface area contributed by atoms with Gasteiger partial charge in [-0.25, -0.2) is 4.98 Å². The lowest BCUT2D eigenvalue weighted by Gasteiger charge is -2.15. The normalized spacial score (nSPS) is 12.4. The Morgan fingerprint density at radius 2 is 2.27 bits per heavy atom. The van der Waals surface area contributed by atoms with Crippen molar-refractivity contribution >= 4 is 40.0 Å². The third-order valence-electron chi connectivity index (χ3n) is 3.44. The molecule has 0 spiro atoms. The smallest absolute Gasteiger partial charge is 0.252 e. The van der Waals surface area contributed by atoms with Crippen LogP contribution in [-0.2, 0) is 0 Å². The topological polar surface area (TPSA) is 57.8 Å². The Labute approximate surface area is 137 Å². The number of amides is 1. The molecule has 2 heterocycles. The summed E-state index contributed by atoms with van der Waals surface area (Å²) in [5, 5.41) is 6.86. The Balaban J connectivity index is 1.83. The molecule has 0 saturated carbocycles. The van der Waals surface area contributed by atoms with Crippen LogP contribution in [0.3, 0.4) is 0 Å². The van der Waals surface area contributed by atoms with E-state index in [1.807, 2.05) is 41.1 Å². The first-order valence-corrected chi connectivity index (χ1v) is 9.38. The molecule has 3 rings (SSSR count). The van der Waals surface area contributed by atoms with E-state index in [0.717, 1.165) is 29.0 Å². The Bertz CT molecular complexity index is 719. The molecule has 0 aliphatic carbocycles. The van der Waals surface area contributed by atoms with Crippen molar-refractivity contribution in [1.29, 1.82) is 0 Å². The quantitative estimate of drug-likeness (QED) is 0.721. The highest BCUT2D eigenvalue weighted by molar-refractivity contribution is 7.98. The molecule has 6 heteroatoms. The van der Waals surface area contributed by atoms with Gasteiger partial charge in [0.1, 0.15) is 5.82 Å². The number of fused-ring (bicyclic) bond motifs is 1. The van der Waals surface area contributed by atoms with Crippen LogP contribution in [0.1, 0.15) is 28.6 Å². The van der Waals surface area contributed by atoms with Crippen molar-refractivity contribution < 1.29 is 4.79 Å². The van der Waals surface area contributed by atoms with Crippen LogP contribution in [0, 0.1) is 0 Å². The van der Waals surface area contributed by atoms with E-state index in [0.29, 0.717) is 5.56 Å². The Morgan fingerprint density at radius 3 is 3.00 bits per heavy atom. The molecule has 3 aromatic rings. The predicted molar refractivity (Wildman–Crippen MR) is 93.6 cm³/mol. The standard InChI is InChI=1S/C16H17N3OS2/c1-21-8-7-14(19-16(20)11-6-9-22-10-11)15-17-12-4-2-3-5-13(12)18-15/h2-6,9-10,14H,7-8H2,1H3,(H,17,18)(H,19,20)/t14-/m0/s1. The number of para-hydroxylation sites is 2. The summed E-state index contributed by atoms with van der Waals surface area (Å²) in [6, 6.07) is 9.65. The van der Waals surface area contributed by atoms with Gasteiger partial charge in [-0.05, 0) is 42.0 Å². The minimum Gasteiger partial charge on any atom is -0.342 e. The highest BCUT2D eigenvalue weighted by atomic mass is 32.2. The van der Waals surface area contributed by atoms with Gasteiger partial charge in [0.05, 0.1) is 22.6 Å². The van der Waals surface area contributed by atoms with E-state index in [-0.39, 0.29) is 11.9 Å². The zero-order chi connectivity index (χ0) is 15.4. The minimum atomic E-state index is -0.104. The van der Waals surface area contributed by atoms with Crippen LogP contribution in [0.15, 0.2) is 41.1 Å². The maximum Gasteiger partial charge on any atom is 0.252 e. The van der Waals surface area contributed by atoms with Crippen LogP contribution in [-0.4, -0.2) is 27.9 Å². The van der Waals surface area contributed by atoms with Crippen molar-refractivity contribution in [3.8, 4) is 0 Å². The highest BCUT2D eigenvalue weighted by Gasteiger charge is 2.19. The second-order valence-corrected chi connectivity index (χ2v) is 6.72. The van der Waals surface area contributed by atoms with E-state index >= 15 is 0 Å². The van der Waals surface area contributed by atoms with Gasteiger partial charge in [0.15, 0.2) is 0 Å². The molecule has 0 bridgehead atoms. The van der Waals surface area contributed by atoms with E-state index in [9.17, 15) is 4.79 Å². The van der Waals surface area contributed by atoms with Crippen molar-refractivity contribution in [2.24, 2.45) is 0 Å². The molecule has 4 nitrogen and oxygen atoms in total. The number of aromatic amines is 1. The molecule has 0 radical (unpaired) electrons. The van der Waals surface area contributed by atoms with Crippen LogP contribution in [0.4, 0.5) is 0 Å². The number of carbonyl (C=O) groups is 1. The van der Waals surface area contributed by atoms with Gasteiger partial charge in [-0.2, -0.15) is 23.1 Å². The van der Waals surface area contributed by atoms with E-state index in [4.69, 9.17) is 0 Å². The summed E-state index contributed by atoms with van der Waals surface area (Å²) in [4.78, 5) is 20.3. The molecule has 1 amide bonds. The molecule has 1 atom stereocenters. The van der Waals surface area contributed by atoms with E-state index in [2.05, 4.69) is 21.5 Å². The number of benzene rings is 1. The fraction of sp³-hybridized carbons (Fsp3) is 0.250. The molecule has 1 aromatic carbocycles. The van der Waals surface area contributed by atoms with Crippen molar-refractivity contribution in [2.75, 3.05) is 12.0 Å². The number of rotatable bonds is 6. The largest absolute Gasteiger partial charge is 0.342 e. The number of aromatic nitrogens is 2. The molecular formula is C16H17N3OS2. The van der Waals surface area contributed by atoms with Gasteiger partial charge < -0.3 is 10.3 Å². The van der Waals surface area contributed by atoms with Crippen LogP contribution in [0.5, 0.6) is 0 Å². The SMILES string of the molecule is CSCC[C@H](NC(=O)c1ccsc1)c1nc2ccccc2[nH]1. The van der Waals surface area contributed by atoms with E-state index in [1.54, 1.807) is 11.8 Å². The second-order valence-electron chi connectivity index (χ2n) is 4.96. The molecule has 114 valence electrons. The van der Waals surface area contributed by atoms with Gasteiger partial charge in [-0.1, -0.05) is 12.1 Å². The highest BCUT2D eigenvalue weighted by Crippen LogP contribution is 2.20. The maximum atomic E-state index is 12.3. The number of thiophene rings is 1. The van der Waals surface area contributed by atoms with Crippen LogP contribution in [0.25, 0.3) is 11.0 Å². The third kappa shape index (κ3) is 3.34. The van der Waals surface area contributed by atoms with Crippen LogP contribution >= 0.6 is 23.1 Å². The summed E-state index contributed by atoms with van der Waals surface area (Å²) in [5.41, 5.74) is 2.63. The first-order valence-electron chi connectivity index (χ1n) is 7.04. The molecule has 0 unspecified atom stereocenters. The van der Waals surface area contributed by atoms with Crippen molar-refractivity contribution in [3.05, 3.63) is 52.5 Å². The zero-order valence-electron chi connectivity index (χ0n) is 12.2. The van der Waals surface area contributed by atoms with Gasteiger partial charge in [-0.15, -0.1) is 0 Å². The molecule has 0 fully saturated rings. The second kappa shape index (κ2) is 6.98. The lowest BCUT2D eigenvalue weighted by atomic mass is 10.2. The number of thioether (sulfide) groups is 1. The average Bonchev–Trinajstić information content (AvgIpc) is 3.19. The summed E-state index contributed by atoms with van der Waals surface area (Å²) in [6.45, 7) is 0. The molecular weight excluding hydrogens is 314 g/mol. The van der Waals surface area contributed by atoms with Gasteiger partial charge in [-0.3, -0.25) is 4.79 Å². The Kier molecular flexibility index (Phi) is 4.80. The summed E-state index contributed by atoms with van der Waals surface area (Å²) < 4.78 is 0. The summed E-state index contributed by atoms with van der Waals surface area (Å²) in [6.07, 6.45) is 2.91. The van der Waals surface area contributed by atoms with Crippen molar-refractivity contribution in [2.45, 2.75) is 12.5 Å². The first-order chi connectivity index (χ1) is 10.8. The van der Waals surface area contributed by atoms with E-state index in [1.165, 1.54) is 11.3 Å². The maximum absolute atomic E-state index is 12.3. The average molecular weight is 331 g/mol. The van der Waals surface area contributed by atoms with E-state index < -0.39 is 0 Å². The Morgan fingerprint density at radius 1 is 1.41 bits per heavy atom. The lowest BCUT2D eigenvalue weighted by Crippen LogP contribution is -2.29. The zero-order valence-corrected chi connectivity index (χ0v) is 13.8. The molecule has 2 aromatic heterocycles. The number of nitrogens with zero attached hydrogens (tertiary/aromatic N) is 1. The molecule has 0 aliphatic heterocycles. The number of imidazole rings is 1. The summed E-state index contributed by atoms with van der Waals surface area (Å²) >= 11 is 3.29. The third-order valence-corrected chi connectivity index (χ3v) is 4.76. The molecule has 0 saturated heterocycles. The number of hydrogen-bond acceptors (Lipinski definition) is 4. The first kappa shape index (κ1) is 15.1. The Hall–Kier alpha value is -1.79. The summed E-state index contributed by atoms with van der Waals surface area (Å²) in [5.74, 6) is 1.73. The van der Waals surface area contributed by atoms with Crippen LogP contribution in [0.2, 0.25) is 0 Å². The molecule has 2 N–H and O–H groups in total.